The predicted octanol–water partition coefficient (Wildman–Crippen LogP) is 4.22. The van der Waals surface area contributed by atoms with E-state index in [1.165, 1.54) is 33.4 Å². The molecule has 1 aromatic carbocycles. The Hall–Kier alpha value is -1.30. The van der Waals surface area contributed by atoms with E-state index in [-0.39, 0.29) is 0 Å². The lowest BCUT2D eigenvalue weighted by molar-refractivity contribution is 1.27. The van der Waals surface area contributed by atoms with Crippen LogP contribution < -0.4 is 0 Å². The zero-order chi connectivity index (χ0) is 11.0. The zero-order valence-electron chi connectivity index (χ0n) is 9.89. The first kappa shape index (κ1) is 10.2. The number of benzene rings is 1. The Morgan fingerprint density at radius 1 is 0.667 bits per heavy atom. The topological polar surface area (TPSA) is 0 Å². The zero-order valence-corrected chi connectivity index (χ0v) is 9.89. The molecule has 0 fully saturated rings. The maximum absolute atomic E-state index is 2.27. The lowest BCUT2D eigenvalue weighted by Crippen LogP contribution is -1.91. The van der Waals surface area contributed by atoms with Crippen LogP contribution in [0.15, 0.2) is 29.4 Å². The summed E-state index contributed by atoms with van der Waals surface area (Å²) in [6, 6.07) is 4.54. The van der Waals surface area contributed by atoms with Crippen LogP contribution in [0.25, 0.3) is 6.08 Å². The minimum absolute atomic E-state index is 1.33. The van der Waals surface area contributed by atoms with Crippen molar-refractivity contribution in [2.75, 3.05) is 0 Å². The van der Waals surface area contributed by atoms with Crippen molar-refractivity contribution in [1.82, 2.24) is 0 Å². The van der Waals surface area contributed by atoms with Crippen molar-refractivity contribution in [1.29, 1.82) is 0 Å². The van der Waals surface area contributed by atoms with E-state index in [0.717, 1.165) is 0 Å². The summed E-state index contributed by atoms with van der Waals surface area (Å²) in [6.45, 7) is 8.67. The smallest absolute Gasteiger partial charge is 0.0164 e. The highest BCUT2D eigenvalue weighted by Crippen LogP contribution is 2.26. The van der Waals surface area contributed by atoms with Gasteiger partial charge in [0, 0.05) is 6.42 Å². The molecule has 15 heavy (non-hydrogen) atoms. The Balaban J connectivity index is 2.56. The quantitative estimate of drug-likeness (QED) is 0.584. The number of hydrogen-bond donors (Lipinski definition) is 0. The van der Waals surface area contributed by atoms with Gasteiger partial charge < -0.3 is 0 Å². The van der Waals surface area contributed by atoms with Gasteiger partial charge in [0.1, 0.15) is 0 Å². The molecule has 0 atom stereocenters. The number of fused-ring (bicyclic) bond motifs is 1. The molecule has 0 N–H and O–H groups in total. The van der Waals surface area contributed by atoms with Crippen LogP contribution in [0.4, 0.5) is 0 Å². The molecule has 1 radical (unpaired) electrons. The standard InChI is InChI=1S/C15H17/c1-10-5-6-14-7-12(3)13(4)9-15(14)8-11(10)2/h5-9H,1-4H3. The van der Waals surface area contributed by atoms with E-state index >= 15 is 0 Å². The Morgan fingerprint density at radius 3 is 1.93 bits per heavy atom. The van der Waals surface area contributed by atoms with Gasteiger partial charge in [-0.1, -0.05) is 35.4 Å². The SMILES string of the molecule is CC1=C(C)C=Cc2cc(C)c(C)cc2[CH]1. The van der Waals surface area contributed by atoms with Gasteiger partial charge >= 0.3 is 0 Å². The third-order valence-corrected chi connectivity index (χ3v) is 3.21. The highest BCUT2D eigenvalue weighted by atomic mass is 14.1. The molecule has 0 spiro atoms. The molecule has 0 aromatic heterocycles. The van der Waals surface area contributed by atoms with E-state index in [9.17, 15) is 0 Å². The molecular formula is C15H17. The van der Waals surface area contributed by atoms with Crippen molar-refractivity contribution in [3.8, 4) is 0 Å². The van der Waals surface area contributed by atoms with Gasteiger partial charge in [0.2, 0.25) is 0 Å². The van der Waals surface area contributed by atoms with Gasteiger partial charge in [-0.25, -0.2) is 0 Å². The highest BCUT2D eigenvalue weighted by Gasteiger charge is 2.08. The molecule has 0 heteroatoms. The minimum Gasteiger partial charge on any atom is -0.0619 e. The van der Waals surface area contributed by atoms with Crippen LogP contribution in [-0.4, -0.2) is 0 Å². The summed E-state index contributed by atoms with van der Waals surface area (Å²) >= 11 is 0. The summed E-state index contributed by atoms with van der Waals surface area (Å²) in [5.41, 5.74) is 8.10. The Kier molecular flexibility index (Phi) is 2.52. The Bertz CT molecular complexity index is 459. The van der Waals surface area contributed by atoms with E-state index in [0.29, 0.717) is 0 Å². The maximum atomic E-state index is 2.27. The number of rotatable bonds is 0. The summed E-state index contributed by atoms with van der Waals surface area (Å²) < 4.78 is 0. The van der Waals surface area contributed by atoms with Gasteiger partial charge in [0.05, 0.1) is 0 Å². The fraction of sp³-hybridized carbons (Fsp3) is 0.267. The second-order valence-corrected chi connectivity index (χ2v) is 4.41. The first-order valence-corrected chi connectivity index (χ1v) is 5.39. The molecule has 0 unspecified atom stereocenters. The average molecular weight is 197 g/mol. The van der Waals surface area contributed by atoms with Crippen molar-refractivity contribution < 1.29 is 0 Å². The van der Waals surface area contributed by atoms with Gasteiger partial charge in [-0.3, -0.25) is 0 Å². The molecule has 0 aliphatic heterocycles. The van der Waals surface area contributed by atoms with E-state index < -0.39 is 0 Å². The van der Waals surface area contributed by atoms with E-state index in [2.05, 4.69) is 58.4 Å². The van der Waals surface area contributed by atoms with E-state index in [4.69, 9.17) is 0 Å². The Labute approximate surface area is 92.3 Å². The minimum atomic E-state index is 1.33. The lowest BCUT2D eigenvalue weighted by atomic mass is 9.96. The van der Waals surface area contributed by atoms with Crippen LogP contribution in [0.2, 0.25) is 0 Å². The molecule has 0 heterocycles. The predicted molar refractivity (Wildman–Crippen MR) is 66.7 cm³/mol. The van der Waals surface area contributed by atoms with Crippen LogP contribution in [0.3, 0.4) is 0 Å². The molecule has 1 aliphatic carbocycles. The van der Waals surface area contributed by atoms with Crippen molar-refractivity contribution in [3.05, 3.63) is 58.0 Å². The van der Waals surface area contributed by atoms with Crippen molar-refractivity contribution in [2.45, 2.75) is 27.7 Å². The van der Waals surface area contributed by atoms with Crippen molar-refractivity contribution in [2.24, 2.45) is 0 Å². The number of hydrogen-bond acceptors (Lipinski definition) is 0. The van der Waals surface area contributed by atoms with Crippen LogP contribution in [0, 0.1) is 20.3 Å². The Morgan fingerprint density at radius 2 is 1.27 bits per heavy atom. The molecule has 0 bridgehead atoms. The third-order valence-electron chi connectivity index (χ3n) is 3.21. The van der Waals surface area contributed by atoms with Crippen LogP contribution in [-0.2, 0) is 0 Å². The van der Waals surface area contributed by atoms with Crippen LogP contribution >= 0.6 is 0 Å². The van der Waals surface area contributed by atoms with Crippen molar-refractivity contribution >= 4 is 6.08 Å². The monoisotopic (exact) mass is 197 g/mol. The van der Waals surface area contributed by atoms with Gasteiger partial charge in [0.15, 0.2) is 0 Å². The fourth-order valence-electron chi connectivity index (χ4n) is 1.82. The highest BCUT2D eigenvalue weighted by molar-refractivity contribution is 5.65. The van der Waals surface area contributed by atoms with Gasteiger partial charge in [0.25, 0.3) is 0 Å². The summed E-state index contributed by atoms with van der Waals surface area (Å²) in [6.07, 6.45) is 6.69. The first-order valence-electron chi connectivity index (χ1n) is 5.39. The largest absolute Gasteiger partial charge is 0.0619 e. The molecule has 1 aromatic rings. The molecule has 0 amide bonds. The maximum Gasteiger partial charge on any atom is 0.0164 e. The normalized spacial score (nSPS) is 15.2. The van der Waals surface area contributed by atoms with Crippen LogP contribution in [0.1, 0.15) is 36.1 Å². The summed E-state index contributed by atoms with van der Waals surface area (Å²) in [7, 11) is 0. The van der Waals surface area contributed by atoms with Crippen LogP contribution in [0.5, 0.6) is 0 Å². The first-order chi connectivity index (χ1) is 7.08. The second-order valence-electron chi connectivity index (χ2n) is 4.41. The average Bonchev–Trinajstić information content (AvgIpc) is 2.31. The fourth-order valence-corrected chi connectivity index (χ4v) is 1.82. The summed E-state index contributed by atoms with van der Waals surface area (Å²) in [5.74, 6) is 0. The molecule has 1 aliphatic rings. The molecule has 77 valence electrons. The molecule has 0 nitrogen and oxygen atoms in total. The summed E-state index contributed by atoms with van der Waals surface area (Å²) in [5, 5.41) is 0. The molecule has 2 rings (SSSR count). The van der Waals surface area contributed by atoms with E-state index in [1.807, 2.05) is 0 Å². The van der Waals surface area contributed by atoms with E-state index in [1.54, 1.807) is 0 Å². The molecular weight excluding hydrogens is 180 g/mol. The number of allylic oxidation sites excluding steroid dienone is 3. The molecule has 0 saturated carbocycles. The second kappa shape index (κ2) is 3.69. The summed E-state index contributed by atoms with van der Waals surface area (Å²) in [4.78, 5) is 0. The number of aryl methyl sites for hydroxylation is 2. The van der Waals surface area contributed by atoms with Gasteiger partial charge in [-0.15, -0.1) is 0 Å². The molecule has 0 saturated heterocycles. The van der Waals surface area contributed by atoms with Gasteiger partial charge in [-0.05, 0) is 49.9 Å². The van der Waals surface area contributed by atoms with Crippen molar-refractivity contribution in [3.63, 3.8) is 0 Å². The van der Waals surface area contributed by atoms with Gasteiger partial charge in [-0.2, -0.15) is 0 Å². The lowest BCUT2D eigenvalue weighted by Gasteiger charge is -2.08. The third kappa shape index (κ3) is 1.90.